The Hall–Kier alpha value is -4.28. The Morgan fingerprint density at radius 3 is 2.57 bits per heavy atom. The molecule has 4 heterocycles. The van der Waals surface area contributed by atoms with Gasteiger partial charge in [0.2, 0.25) is 11.8 Å². The maximum absolute atomic E-state index is 14.7. The molecule has 4 aliphatic heterocycles. The number of benzene rings is 2. The van der Waals surface area contributed by atoms with Gasteiger partial charge in [-0.25, -0.2) is 0 Å². The number of allylic oxidation sites excluding steroid dienone is 1. The number of ether oxygens (including phenoxy) is 2. The Kier molecular flexibility index (Phi) is 8.85. The van der Waals surface area contributed by atoms with E-state index < -0.39 is 47.7 Å². The minimum atomic E-state index is -1.45. The number of aryl methyl sites for hydroxylation is 2. The van der Waals surface area contributed by atoms with E-state index in [0.29, 0.717) is 12.0 Å². The summed E-state index contributed by atoms with van der Waals surface area (Å²) in [6, 6.07) is 13.5. The van der Waals surface area contributed by atoms with E-state index in [0.717, 1.165) is 16.8 Å². The number of carbonyl (C=O) groups excluding carboxylic acids is 4. The topological polar surface area (TPSA) is 125 Å². The summed E-state index contributed by atoms with van der Waals surface area (Å²) in [6.45, 7) is 5.90. The number of aliphatic hydroxyl groups is 1. The number of nitrogens with one attached hydrogen (secondary N) is 1. The Morgan fingerprint density at radius 2 is 1.80 bits per heavy atom. The minimum Gasteiger partial charge on any atom is -0.455 e. The van der Waals surface area contributed by atoms with E-state index in [2.05, 4.69) is 5.32 Å². The number of cyclic esters (lactones) is 1. The second kappa shape index (κ2) is 12.8. The first-order valence-electron chi connectivity index (χ1n) is 16.0. The number of likely N-dealkylation sites (tertiary alicyclic amines) is 1. The number of anilines is 1. The summed E-state index contributed by atoms with van der Waals surface area (Å²) in [5.41, 5.74) is 1.90. The van der Waals surface area contributed by atoms with E-state index >= 15 is 0 Å². The highest BCUT2D eigenvalue weighted by atomic mass is 16.6. The molecule has 2 saturated heterocycles. The zero-order valence-electron chi connectivity index (χ0n) is 26.4. The molecule has 2 aromatic carbocycles. The van der Waals surface area contributed by atoms with Gasteiger partial charge in [0.05, 0.1) is 18.1 Å². The van der Waals surface area contributed by atoms with E-state index in [-0.39, 0.29) is 50.3 Å². The number of hydrogen-bond acceptors (Lipinski definition) is 7. The lowest BCUT2D eigenvalue weighted by Gasteiger charge is -2.35. The van der Waals surface area contributed by atoms with Crippen molar-refractivity contribution in [3.8, 4) is 0 Å². The van der Waals surface area contributed by atoms with E-state index in [9.17, 15) is 24.3 Å². The highest BCUT2D eigenvalue weighted by molar-refractivity contribution is 6.06. The number of amides is 3. The smallest absolute Gasteiger partial charge is 0.313 e. The van der Waals surface area contributed by atoms with Crippen molar-refractivity contribution in [1.82, 2.24) is 10.2 Å². The van der Waals surface area contributed by atoms with Crippen LogP contribution in [0.3, 0.4) is 0 Å². The average molecular weight is 628 g/mol. The molecule has 3 amide bonds. The highest BCUT2D eigenvalue weighted by Gasteiger charge is 2.71. The first-order chi connectivity index (χ1) is 22.2. The Labute approximate surface area is 269 Å². The Morgan fingerprint density at radius 1 is 1.02 bits per heavy atom. The maximum atomic E-state index is 14.7. The zero-order valence-corrected chi connectivity index (χ0v) is 26.4. The fourth-order valence-corrected chi connectivity index (χ4v) is 7.41. The third kappa shape index (κ3) is 5.54. The fraction of sp³-hybridized carbons (Fsp3) is 0.444. The Balaban J connectivity index is 1.44. The summed E-state index contributed by atoms with van der Waals surface area (Å²) in [4.78, 5) is 59.4. The third-order valence-corrected chi connectivity index (χ3v) is 9.56. The molecule has 2 N–H and O–H groups in total. The molecular formula is C36H41N3O7. The average Bonchev–Trinajstić information content (AvgIpc) is 3.42. The molecule has 0 aliphatic carbocycles. The summed E-state index contributed by atoms with van der Waals surface area (Å²) in [6.07, 6.45) is 6.35. The molecule has 0 bridgehead atoms. The van der Waals surface area contributed by atoms with Gasteiger partial charge in [0, 0.05) is 31.8 Å². The summed E-state index contributed by atoms with van der Waals surface area (Å²) in [5.74, 6) is -3.60. The standard InChI is InChI=1S/C36H41N3O7/c1-22-15-16-23(2)26(21-22)38-18-9-17-36-30(33(42)39(19-10-20-40)32(36)34(38)43)29-27(46-36)13-7-8-14-28(41)37-24(3)31(45-35(29)44)25-11-5-4-6-12-25/h4-7,9,11-13,15-17,21,24,27,29-32,40H,8,10,14,18-20H2,1-3H3,(H,37,41)/b13-7-/t24-,27-,29+,30+,31+,32-,36+/m1/s1. The molecule has 2 aromatic rings. The minimum absolute atomic E-state index is 0.125. The lowest BCUT2D eigenvalue weighted by molar-refractivity contribution is -0.161. The lowest BCUT2D eigenvalue weighted by Crippen LogP contribution is -2.55. The SMILES string of the molecule is Cc1ccc(C)c(N2CC=C[C@]34O[C@@H]5/C=C\CCC(=O)N[C@H](C)[C@@H](c6ccccc6)OC(=O)[C@@H]5[C@H]3C(=O)N(CCCO)[C@@H]4C2=O)c1. The van der Waals surface area contributed by atoms with Crippen molar-refractivity contribution in [1.29, 1.82) is 0 Å². The van der Waals surface area contributed by atoms with Gasteiger partial charge in [0.1, 0.15) is 23.7 Å². The molecule has 1 spiro atoms. The van der Waals surface area contributed by atoms with Crippen molar-refractivity contribution >= 4 is 29.4 Å². The summed E-state index contributed by atoms with van der Waals surface area (Å²) < 4.78 is 13.0. The van der Waals surface area contributed by atoms with Crippen molar-refractivity contribution in [3.05, 3.63) is 89.5 Å². The number of aliphatic hydroxyl groups excluding tert-OH is 1. The van der Waals surface area contributed by atoms with Crippen molar-refractivity contribution in [2.24, 2.45) is 11.8 Å². The molecule has 10 heteroatoms. The van der Waals surface area contributed by atoms with Crippen molar-refractivity contribution < 1.29 is 33.8 Å². The van der Waals surface area contributed by atoms with E-state index in [1.165, 1.54) is 4.90 Å². The Bertz CT molecular complexity index is 1570. The number of esters is 1. The fourth-order valence-electron chi connectivity index (χ4n) is 7.41. The van der Waals surface area contributed by atoms with Gasteiger partial charge in [-0.3, -0.25) is 19.2 Å². The number of rotatable bonds is 5. The van der Waals surface area contributed by atoms with Crippen LogP contribution in [-0.2, 0) is 28.7 Å². The second-order valence-corrected chi connectivity index (χ2v) is 12.7. The predicted octanol–water partition coefficient (Wildman–Crippen LogP) is 3.31. The first-order valence-corrected chi connectivity index (χ1v) is 16.0. The second-order valence-electron chi connectivity index (χ2n) is 12.7. The normalized spacial score (nSPS) is 32.0. The summed E-state index contributed by atoms with van der Waals surface area (Å²) in [5, 5.41) is 12.7. The van der Waals surface area contributed by atoms with Crippen LogP contribution in [0.1, 0.15) is 49.0 Å². The van der Waals surface area contributed by atoms with Crippen LogP contribution in [0.15, 0.2) is 72.8 Å². The van der Waals surface area contributed by atoms with Crippen LogP contribution in [0, 0.1) is 25.7 Å². The van der Waals surface area contributed by atoms with Gasteiger partial charge in [-0.2, -0.15) is 0 Å². The van der Waals surface area contributed by atoms with Gasteiger partial charge in [-0.05, 0) is 56.4 Å². The quantitative estimate of drug-likeness (QED) is 0.385. The maximum Gasteiger partial charge on any atom is 0.313 e. The first kappa shape index (κ1) is 31.7. The molecule has 0 radical (unpaired) electrons. The van der Waals surface area contributed by atoms with Crippen molar-refractivity contribution in [3.63, 3.8) is 0 Å². The number of carbonyl (C=O) groups is 4. The number of hydrogen-bond donors (Lipinski definition) is 2. The van der Waals surface area contributed by atoms with Gasteiger partial charge in [-0.15, -0.1) is 0 Å². The molecular weight excluding hydrogens is 586 g/mol. The largest absolute Gasteiger partial charge is 0.455 e. The van der Waals surface area contributed by atoms with Crippen LogP contribution in [0.25, 0.3) is 0 Å². The van der Waals surface area contributed by atoms with Gasteiger partial charge >= 0.3 is 5.97 Å². The molecule has 46 heavy (non-hydrogen) atoms. The van der Waals surface area contributed by atoms with Gasteiger partial charge < -0.3 is 29.7 Å². The molecule has 0 saturated carbocycles. The van der Waals surface area contributed by atoms with Crippen molar-refractivity contribution in [2.75, 3.05) is 24.6 Å². The van der Waals surface area contributed by atoms with Crippen LogP contribution in [0.5, 0.6) is 0 Å². The summed E-state index contributed by atoms with van der Waals surface area (Å²) >= 11 is 0. The number of fused-ring (bicyclic) bond motifs is 2. The molecule has 242 valence electrons. The van der Waals surface area contributed by atoms with E-state index in [1.54, 1.807) is 30.1 Å². The van der Waals surface area contributed by atoms with Crippen LogP contribution in [0.4, 0.5) is 5.69 Å². The van der Waals surface area contributed by atoms with Gasteiger partial charge in [-0.1, -0.05) is 66.8 Å². The van der Waals surface area contributed by atoms with Crippen LogP contribution >= 0.6 is 0 Å². The molecule has 0 aromatic heterocycles. The third-order valence-electron chi connectivity index (χ3n) is 9.56. The molecule has 0 unspecified atom stereocenters. The van der Waals surface area contributed by atoms with Crippen LogP contribution in [0.2, 0.25) is 0 Å². The molecule has 6 rings (SSSR count). The zero-order chi connectivity index (χ0) is 32.6. The van der Waals surface area contributed by atoms with Gasteiger partial charge in [0.15, 0.2) is 0 Å². The van der Waals surface area contributed by atoms with E-state index in [1.807, 2.05) is 68.5 Å². The predicted molar refractivity (Wildman–Crippen MR) is 170 cm³/mol. The molecule has 7 atom stereocenters. The monoisotopic (exact) mass is 627 g/mol. The summed E-state index contributed by atoms with van der Waals surface area (Å²) in [7, 11) is 0. The molecule has 10 nitrogen and oxygen atoms in total. The van der Waals surface area contributed by atoms with Crippen LogP contribution < -0.4 is 10.2 Å². The van der Waals surface area contributed by atoms with E-state index in [4.69, 9.17) is 9.47 Å². The lowest BCUT2D eigenvalue weighted by atomic mass is 9.77. The van der Waals surface area contributed by atoms with Crippen molar-refractivity contribution in [2.45, 2.75) is 69.9 Å². The molecule has 4 aliphatic rings. The van der Waals surface area contributed by atoms with Gasteiger partial charge in [0.25, 0.3) is 5.91 Å². The highest BCUT2D eigenvalue weighted by Crippen LogP contribution is 2.53. The molecule has 2 fully saturated rings. The number of nitrogens with zero attached hydrogens (tertiary/aromatic N) is 2. The van der Waals surface area contributed by atoms with Crippen LogP contribution in [-0.4, -0.2) is 77.2 Å².